The number of carbonyl (C=O) groups excluding carboxylic acids is 1. The molecule has 19 heavy (non-hydrogen) atoms. The van der Waals surface area contributed by atoms with Crippen LogP contribution in [0.2, 0.25) is 10.0 Å². The normalized spacial score (nSPS) is 10.1. The molecule has 0 aliphatic rings. The first-order valence-electron chi connectivity index (χ1n) is 5.50. The largest absolute Gasteiger partial charge is 0.295 e. The van der Waals surface area contributed by atoms with Crippen LogP contribution in [0.4, 0.5) is 5.69 Å². The van der Waals surface area contributed by atoms with Gasteiger partial charge in [0.05, 0.1) is 15.7 Å². The van der Waals surface area contributed by atoms with Crippen molar-refractivity contribution in [1.82, 2.24) is 10.4 Å². The molecule has 2 aromatic rings. The zero-order valence-electron chi connectivity index (χ0n) is 10.1. The molecule has 0 fully saturated rings. The fraction of sp³-hybridized carbons (Fsp3) is 0.0769. The van der Waals surface area contributed by atoms with Crippen LogP contribution in [0, 0.1) is 6.92 Å². The van der Waals surface area contributed by atoms with Crippen LogP contribution in [0.1, 0.15) is 15.9 Å². The molecule has 1 aromatic heterocycles. The van der Waals surface area contributed by atoms with E-state index >= 15 is 0 Å². The van der Waals surface area contributed by atoms with E-state index in [9.17, 15) is 4.79 Å². The maximum atomic E-state index is 12.0. The summed E-state index contributed by atoms with van der Waals surface area (Å²) in [4.78, 5) is 15.8. The summed E-state index contributed by atoms with van der Waals surface area (Å²) in [5.41, 5.74) is 7.14. The first-order chi connectivity index (χ1) is 9.09. The Morgan fingerprint density at radius 3 is 2.42 bits per heavy atom. The fourth-order valence-electron chi connectivity index (χ4n) is 1.55. The predicted molar refractivity (Wildman–Crippen MR) is 76.5 cm³/mol. The topological polar surface area (TPSA) is 54.0 Å². The van der Waals surface area contributed by atoms with Crippen LogP contribution in [0.5, 0.6) is 0 Å². The summed E-state index contributed by atoms with van der Waals surface area (Å²) >= 11 is 11.9. The number of hydrazine groups is 1. The Morgan fingerprint density at radius 2 is 1.79 bits per heavy atom. The lowest BCUT2D eigenvalue weighted by Crippen LogP contribution is -2.30. The van der Waals surface area contributed by atoms with E-state index in [1.165, 1.54) is 12.4 Å². The Hall–Kier alpha value is -1.78. The number of pyridine rings is 1. The summed E-state index contributed by atoms with van der Waals surface area (Å²) in [6.45, 7) is 1.86. The lowest BCUT2D eigenvalue weighted by molar-refractivity contribution is 0.0962. The number of hydrogen-bond donors (Lipinski definition) is 2. The molecular formula is C13H11Cl2N3O. The maximum Gasteiger partial charge on any atom is 0.269 e. The van der Waals surface area contributed by atoms with Gasteiger partial charge in [0, 0.05) is 18.0 Å². The van der Waals surface area contributed by atoms with E-state index in [2.05, 4.69) is 15.8 Å². The second kappa shape index (κ2) is 5.91. The predicted octanol–water partition coefficient (Wildman–Crippen LogP) is 3.45. The maximum absolute atomic E-state index is 12.0. The van der Waals surface area contributed by atoms with Crippen molar-refractivity contribution in [2.45, 2.75) is 6.92 Å². The molecule has 0 aliphatic carbocycles. The van der Waals surface area contributed by atoms with Gasteiger partial charge in [0.1, 0.15) is 0 Å². The van der Waals surface area contributed by atoms with E-state index in [4.69, 9.17) is 23.2 Å². The summed E-state index contributed by atoms with van der Waals surface area (Å²) in [6, 6.07) is 7.27. The lowest BCUT2D eigenvalue weighted by atomic mass is 10.1. The lowest BCUT2D eigenvalue weighted by Gasteiger charge is -2.12. The third kappa shape index (κ3) is 3.16. The molecule has 0 bridgehead atoms. The summed E-state index contributed by atoms with van der Waals surface area (Å²) in [5.74, 6) is -0.262. The van der Waals surface area contributed by atoms with Gasteiger partial charge in [0.25, 0.3) is 5.91 Å². The molecule has 2 rings (SSSR count). The number of hydrogen-bond acceptors (Lipinski definition) is 3. The second-order valence-corrected chi connectivity index (χ2v) is 4.69. The van der Waals surface area contributed by atoms with Crippen LogP contribution in [0.15, 0.2) is 36.7 Å². The number of carbonyl (C=O) groups is 1. The smallest absolute Gasteiger partial charge is 0.269 e. The van der Waals surface area contributed by atoms with Crippen LogP contribution in [-0.2, 0) is 0 Å². The molecule has 2 N–H and O–H groups in total. The minimum absolute atomic E-state index is 0.262. The van der Waals surface area contributed by atoms with Gasteiger partial charge < -0.3 is 0 Å². The fourth-order valence-corrected chi connectivity index (χ4v) is 2.00. The Labute approximate surface area is 120 Å². The Morgan fingerprint density at radius 1 is 1.16 bits per heavy atom. The number of benzene rings is 1. The quantitative estimate of drug-likeness (QED) is 0.853. The van der Waals surface area contributed by atoms with Crippen molar-refractivity contribution in [3.63, 3.8) is 0 Å². The number of aryl methyl sites for hydroxylation is 1. The van der Waals surface area contributed by atoms with Gasteiger partial charge in [0.2, 0.25) is 0 Å². The van der Waals surface area contributed by atoms with E-state index in [0.717, 1.165) is 5.56 Å². The minimum atomic E-state index is -0.262. The van der Waals surface area contributed by atoms with E-state index in [1.54, 1.807) is 12.1 Å². The number of halogens is 2. The molecule has 6 heteroatoms. The molecule has 0 aliphatic heterocycles. The third-order valence-corrected chi connectivity index (χ3v) is 3.12. The molecule has 0 saturated carbocycles. The first-order valence-corrected chi connectivity index (χ1v) is 6.26. The highest BCUT2D eigenvalue weighted by Crippen LogP contribution is 2.27. The van der Waals surface area contributed by atoms with Gasteiger partial charge in [-0.25, -0.2) is 0 Å². The zero-order valence-corrected chi connectivity index (χ0v) is 11.6. The van der Waals surface area contributed by atoms with E-state index in [-0.39, 0.29) is 5.91 Å². The molecular weight excluding hydrogens is 285 g/mol. The molecule has 98 valence electrons. The molecule has 0 saturated heterocycles. The van der Waals surface area contributed by atoms with Crippen LogP contribution in [-0.4, -0.2) is 10.9 Å². The number of amides is 1. The van der Waals surface area contributed by atoms with Crippen molar-refractivity contribution < 1.29 is 4.79 Å². The SMILES string of the molecule is Cc1ccccc1C(=O)NNc1c(Cl)cncc1Cl. The molecule has 0 atom stereocenters. The number of anilines is 1. The van der Waals surface area contributed by atoms with Gasteiger partial charge in [0.15, 0.2) is 0 Å². The molecule has 0 unspecified atom stereocenters. The highest BCUT2D eigenvalue weighted by molar-refractivity contribution is 6.38. The van der Waals surface area contributed by atoms with Crippen LogP contribution >= 0.6 is 23.2 Å². The summed E-state index contributed by atoms with van der Waals surface area (Å²) in [5, 5.41) is 0.662. The van der Waals surface area contributed by atoms with Gasteiger partial charge in [-0.15, -0.1) is 0 Å². The zero-order chi connectivity index (χ0) is 13.8. The number of rotatable bonds is 3. The molecule has 1 aromatic carbocycles. The molecule has 0 spiro atoms. The monoisotopic (exact) mass is 295 g/mol. The van der Waals surface area contributed by atoms with Gasteiger partial charge in [-0.05, 0) is 18.6 Å². The number of nitrogens with zero attached hydrogens (tertiary/aromatic N) is 1. The second-order valence-electron chi connectivity index (χ2n) is 3.87. The number of nitrogens with one attached hydrogen (secondary N) is 2. The van der Waals surface area contributed by atoms with Gasteiger partial charge in [-0.1, -0.05) is 41.4 Å². The van der Waals surface area contributed by atoms with Crippen molar-refractivity contribution >= 4 is 34.8 Å². The van der Waals surface area contributed by atoms with Gasteiger partial charge in [-0.3, -0.25) is 20.6 Å². The van der Waals surface area contributed by atoms with Crippen molar-refractivity contribution in [2.24, 2.45) is 0 Å². The average molecular weight is 296 g/mol. The van der Waals surface area contributed by atoms with Crippen LogP contribution in [0.25, 0.3) is 0 Å². The minimum Gasteiger partial charge on any atom is -0.295 e. The Bertz CT molecular complexity index is 596. The standard InChI is InChI=1S/C13H11Cl2N3O/c1-8-4-2-3-5-9(8)13(19)18-17-12-10(14)6-16-7-11(12)15/h2-7H,1H3,(H,16,17)(H,18,19). The van der Waals surface area contributed by atoms with Crippen LogP contribution in [0.3, 0.4) is 0 Å². The molecule has 1 amide bonds. The summed E-state index contributed by atoms with van der Waals surface area (Å²) < 4.78 is 0. The molecule has 0 radical (unpaired) electrons. The van der Waals surface area contributed by atoms with E-state index in [0.29, 0.717) is 21.3 Å². The van der Waals surface area contributed by atoms with Gasteiger partial charge in [-0.2, -0.15) is 0 Å². The van der Waals surface area contributed by atoms with Crippen molar-refractivity contribution in [3.05, 3.63) is 57.8 Å². The highest BCUT2D eigenvalue weighted by Gasteiger charge is 2.10. The average Bonchev–Trinajstić information content (AvgIpc) is 2.38. The van der Waals surface area contributed by atoms with E-state index < -0.39 is 0 Å². The molecule has 1 heterocycles. The van der Waals surface area contributed by atoms with E-state index in [1.807, 2.05) is 19.1 Å². The van der Waals surface area contributed by atoms with Crippen LogP contribution < -0.4 is 10.9 Å². The van der Waals surface area contributed by atoms with Gasteiger partial charge >= 0.3 is 0 Å². The summed E-state index contributed by atoms with van der Waals surface area (Å²) in [7, 11) is 0. The van der Waals surface area contributed by atoms with Crippen molar-refractivity contribution in [2.75, 3.05) is 5.43 Å². The Balaban J connectivity index is 2.11. The van der Waals surface area contributed by atoms with Crippen molar-refractivity contribution in [3.8, 4) is 0 Å². The highest BCUT2D eigenvalue weighted by atomic mass is 35.5. The third-order valence-electron chi connectivity index (χ3n) is 2.54. The number of aromatic nitrogens is 1. The molecule has 4 nitrogen and oxygen atoms in total. The Kier molecular flexibility index (Phi) is 4.24. The first kappa shape index (κ1) is 13.6. The summed E-state index contributed by atoms with van der Waals surface area (Å²) in [6.07, 6.45) is 2.88. The van der Waals surface area contributed by atoms with Crippen molar-refractivity contribution in [1.29, 1.82) is 0 Å².